The summed E-state index contributed by atoms with van der Waals surface area (Å²) in [5, 5.41) is 0. The topological polar surface area (TPSA) is 66.3 Å². The second-order valence-corrected chi connectivity index (χ2v) is 9.37. The molecule has 0 aromatic heterocycles. The number of allylic oxidation sites excluding steroid dienone is 3. The first-order chi connectivity index (χ1) is 15.5. The van der Waals surface area contributed by atoms with E-state index in [0.717, 1.165) is 5.46 Å². The fraction of sp³-hybridized carbons (Fsp3) is 0.520. The monoisotopic (exact) mass is 457 g/mol. The quantitative estimate of drug-likeness (QED) is 0.239. The lowest BCUT2D eigenvalue weighted by Crippen LogP contribution is -2.41. The summed E-state index contributed by atoms with van der Waals surface area (Å²) in [6.07, 6.45) is 3.97. The van der Waals surface area contributed by atoms with Gasteiger partial charge >= 0.3 is 13.1 Å². The number of esters is 1. The van der Waals surface area contributed by atoms with Gasteiger partial charge in [0.1, 0.15) is 18.2 Å². The molecule has 0 unspecified atom stereocenters. The Morgan fingerprint density at radius 1 is 1.24 bits per heavy atom. The van der Waals surface area contributed by atoms with E-state index in [1.165, 1.54) is 6.07 Å². The standard InChI is InChI=1S/C25H33BFNO5/c1-8-19(14-28-16(3)20-13-21(20)23(29)30-9-2)31-15-17-12-18(10-11-22(17)27)26-32-24(4,5)25(6,7)33-26/h8,10-12,14,20-21H,3,9,13,15H2,1-2,4-7H3/b19-8+,28-14-/t20-,21+/m0/s1. The number of hydrogen-bond acceptors (Lipinski definition) is 6. The first-order valence-electron chi connectivity index (χ1n) is 11.3. The summed E-state index contributed by atoms with van der Waals surface area (Å²) in [5.74, 6) is -0.283. The van der Waals surface area contributed by atoms with Crippen LogP contribution in [0, 0.1) is 17.7 Å². The minimum atomic E-state index is -0.577. The fourth-order valence-corrected chi connectivity index (χ4v) is 3.50. The summed E-state index contributed by atoms with van der Waals surface area (Å²) in [6.45, 7) is 15.8. The number of ether oxygens (including phenoxy) is 2. The van der Waals surface area contributed by atoms with Crippen LogP contribution in [0.5, 0.6) is 0 Å². The highest BCUT2D eigenvalue weighted by atomic mass is 19.1. The Labute approximate surface area is 196 Å². The van der Waals surface area contributed by atoms with Crippen molar-refractivity contribution in [3.05, 3.63) is 53.7 Å². The zero-order valence-electron chi connectivity index (χ0n) is 20.3. The molecule has 2 fully saturated rings. The maximum absolute atomic E-state index is 14.5. The van der Waals surface area contributed by atoms with Crippen molar-refractivity contribution in [2.45, 2.75) is 65.8 Å². The lowest BCUT2D eigenvalue weighted by Gasteiger charge is -2.32. The van der Waals surface area contributed by atoms with E-state index in [1.807, 2.05) is 27.7 Å². The van der Waals surface area contributed by atoms with Crippen LogP contribution in [0.15, 0.2) is 47.3 Å². The molecular weight excluding hydrogens is 424 g/mol. The molecule has 1 aliphatic carbocycles. The van der Waals surface area contributed by atoms with Gasteiger partial charge in [-0.3, -0.25) is 9.79 Å². The molecular formula is C25H33BFNO5. The van der Waals surface area contributed by atoms with E-state index in [-0.39, 0.29) is 30.2 Å². The highest BCUT2D eigenvalue weighted by molar-refractivity contribution is 6.62. The molecule has 1 saturated carbocycles. The Balaban J connectivity index is 1.60. The van der Waals surface area contributed by atoms with Crippen molar-refractivity contribution >= 4 is 24.8 Å². The number of halogens is 1. The zero-order valence-corrected chi connectivity index (χ0v) is 20.3. The summed E-state index contributed by atoms with van der Waals surface area (Å²) in [4.78, 5) is 16.1. The lowest BCUT2D eigenvalue weighted by atomic mass is 9.78. The highest BCUT2D eigenvalue weighted by Gasteiger charge is 2.51. The van der Waals surface area contributed by atoms with E-state index < -0.39 is 18.3 Å². The number of rotatable bonds is 9. The van der Waals surface area contributed by atoms with E-state index in [1.54, 1.807) is 38.3 Å². The van der Waals surface area contributed by atoms with Gasteiger partial charge in [0, 0.05) is 17.2 Å². The molecule has 178 valence electrons. The van der Waals surface area contributed by atoms with Gasteiger partial charge in [0.15, 0.2) is 0 Å². The summed E-state index contributed by atoms with van der Waals surface area (Å²) in [6, 6.07) is 4.76. The molecule has 2 atom stereocenters. The maximum atomic E-state index is 14.5. The van der Waals surface area contributed by atoms with E-state index in [0.29, 0.717) is 30.0 Å². The Bertz CT molecular complexity index is 956. The number of benzene rings is 1. The van der Waals surface area contributed by atoms with Crippen LogP contribution in [0.4, 0.5) is 4.39 Å². The van der Waals surface area contributed by atoms with Crippen LogP contribution in [-0.4, -0.2) is 37.1 Å². The third kappa shape index (κ3) is 5.73. The fourth-order valence-electron chi connectivity index (χ4n) is 3.50. The number of carbonyl (C=O) groups excluding carboxylic acids is 1. The van der Waals surface area contributed by atoms with Crippen molar-refractivity contribution in [3.8, 4) is 0 Å². The van der Waals surface area contributed by atoms with Gasteiger partial charge in [0.05, 0.1) is 29.9 Å². The van der Waals surface area contributed by atoms with Gasteiger partial charge < -0.3 is 18.8 Å². The summed E-state index contributed by atoms with van der Waals surface area (Å²) in [7, 11) is -0.577. The van der Waals surface area contributed by atoms with Crippen molar-refractivity contribution < 1.29 is 28.0 Å². The van der Waals surface area contributed by atoms with Crippen molar-refractivity contribution in [1.29, 1.82) is 0 Å². The van der Waals surface area contributed by atoms with Gasteiger partial charge in [-0.1, -0.05) is 18.7 Å². The Morgan fingerprint density at radius 3 is 2.52 bits per heavy atom. The van der Waals surface area contributed by atoms with Crippen molar-refractivity contribution in [3.63, 3.8) is 0 Å². The number of nitrogens with zero attached hydrogens (tertiary/aromatic N) is 1. The minimum absolute atomic E-state index is 0.00700. The van der Waals surface area contributed by atoms with Crippen molar-refractivity contribution in [2.24, 2.45) is 16.8 Å². The van der Waals surface area contributed by atoms with Crippen LogP contribution in [-0.2, 0) is 30.2 Å². The summed E-state index contributed by atoms with van der Waals surface area (Å²) >= 11 is 0. The van der Waals surface area contributed by atoms with Gasteiger partial charge in [-0.25, -0.2) is 4.39 Å². The molecule has 1 aliphatic heterocycles. The number of carbonyl (C=O) groups is 1. The molecule has 2 aliphatic rings. The van der Waals surface area contributed by atoms with Crippen LogP contribution >= 0.6 is 0 Å². The molecule has 0 spiro atoms. The molecule has 0 bridgehead atoms. The Hall–Kier alpha value is -2.45. The first-order valence-corrected chi connectivity index (χ1v) is 11.3. The van der Waals surface area contributed by atoms with Gasteiger partial charge in [-0.05, 0) is 65.6 Å². The molecule has 3 rings (SSSR count). The van der Waals surface area contributed by atoms with E-state index in [4.69, 9.17) is 18.8 Å². The SMILES string of the molecule is C=C(/N=C\C(=C/C)OCc1cc(B2OC(C)(C)C(C)(C)O2)ccc1F)[C@@H]1C[C@H]1C(=O)OCC. The molecule has 1 saturated heterocycles. The second-order valence-electron chi connectivity index (χ2n) is 9.37. The van der Waals surface area contributed by atoms with Crippen LogP contribution in [0.2, 0.25) is 0 Å². The molecule has 0 amide bonds. The van der Waals surface area contributed by atoms with Gasteiger partial charge in [-0.15, -0.1) is 0 Å². The van der Waals surface area contributed by atoms with E-state index >= 15 is 0 Å². The predicted octanol–water partition coefficient (Wildman–Crippen LogP) is 4.33. The maximum Gasteiger partial charge on any atom is 0.494 e. The molecule has 1 aromatic rings. The van der Waals surface area contributed by atoms with E-state index in [9.17, 15) is 9.18 Å². The highest BCUT2D eigenvalue weighted by Crippen LogP contribution is 2.44. The third-order valence-electron chi connectivity index (χ3n) is 6.44. The van der Waals surface area contributed by atoms with E-state index in [2.05, 4.69) is 11.6 Å². The molecule has 1 aromatic carbocycles. The average Bonchev–Trinajstić information content (AvgIpc) is 3.51. The lowest BCUT2D eigenvalue weighted by molar-refractivity contribution is -0.144. The minimum Gasteiger partial charge on any atom is -0.488 e. The average molecular weight is 457 g/mol. The van der Waals surface area contributed by atoms with Crippen LogP contribution in [0.25, 0.3) is 0 Å². The third-order valence-corrected chi connectivity index (χ3v) is 6.44. The van der Waals surface area contributed by atoms with Crippen LogP contribution in [0.3, 0.4) is 0 Å². The molecule has 1 heterocycles. The number of aliphatic imine (C=N–C) groups is 1. The second kappa shape index (κ2) is 9.81. The largest absolute Gasteiger partial charge is 0.494 e. The normalized spacial score (nSPS) is 23.6. The van der Waals surface area contributed by atoms with Crippen molar-refractivity contribution in [1.82, 2.24) is 0 Å². The molecule has 0 N–H and O–H groups in total. The smallest absolute Gasteiger partial charge is 0.488 e. The van der Waals surface area contributed by atoms with Crippen LogP contribution < -0.4 is 5.46 Å². The molecule has 33 heavy (non-hydrogen) atoms. The number of hydrogen-bond donors (Lipinski definition) is 0. The summed E-state index contributed by atoms with van der Waals surface area (Å²) < 4.78 is 37.4. The van der Waals surface area contributed by atoms with Gasteiger partial charge in [0.25, 0.3) is 0 Å². The van der Waals surface area contributed by atoms with Gasteiger partial charge in [0.2, 0.25) is 0 Å². The van der Waals surface area contributed by atoms with Crippen molar-refractivity contribution in [2.75, 3.05) is 6.61 Å². The summed E-state index contributed by atoms with van der Waals surface area (Å²) in [5.41, 5.74) is 0.765. The molecule has 8 heteroatoms. The molecule has 6 nitrogen and oxygen atoms in total. The first kappa shape index (κ1) is 25.2. The zero-order chi connectivity index (χ0) is 24.4. The predicted molar refractivity (Wildman–Crippen MR) is 127 cm³/mol. The van der Waals surface area contributed by atoms with Crippen LogP contribution in [0.1, 0.15) is 53.5 Å². The Morgan fingerprint density at radius 2 is 1.91 bits per heavy atom. The van der Waals surface area contributed by atoms with Gasteiger partial charge in [-0.2, -0.15) is 0 Å². The molecule has 0 radical (unpaired) electrons. The Kier molecular flexibility index (Phi) is 7.49.